The minimum Gasteiger partial charge on any atom is -0.397 e. The molecular weight excluding hydrogens is 268 g/mol. The Labute approximate surface area is 115 Å². The quantitative estimate of drug-likeness (QED) is 0.821. The van der Waals surface area contributed by atoms with Crippen molar-refractivity contribution in [1.82, 2.24) is 0 Å². The highest BCUT2D eigenvalue weighted by atomic mass is 35.5. The summed E-state index contributed by atoms with van der Waals surface area (Å²) in [6, 6.07) is 5.42. The number of halogens is 1. The number of rotatable bonds is 2. The van der Waals surface area contributed by atoms with Crippen LogP contribution >= 0.6 is 22.9 Å². The summed E-state index contributed by atoms with van der Waals surface area (Å²) in [7, 11) is 0. The highest BCUT2D eigenvalue weighted by Crippen LogP contribution is 2.28. The second kappa shape index (κ2) is 5.00. The number of thiophene rings is 1. The van der Waals surface area contributed by atoms with Crippen LogP contribution in [0.5, 0.6) is 0 Å². The maximum absolute atomic E-state index is 12.1. The number of amides is 1. The van der Waals surface area contributed by atoms with Gasteiger partial charge in [-0.1, -0.05) is 17.7 Å². The fourth-order valence-corrected chi connectivity index (χ4v) is 2.66. The second-order valence-corrected chi connectivity index (χ2v) is 5.35. The van der Waals surface area contributed by atoms with E-state index in [2.05, 4.69) is 5.32 Å². The zero-order chi connectivity index (χ0) is 13.3. The van der Waals surface area contributed by atoms with Gasteiger partial charge in [0, 0.05) is 0 Å². The molecule has 1 aromatic carbocycles. The molecule has 3 nitrogen and oxygen atoms in total. The molecule has 0 radical (unpaired) electrons. The standard InChI is InChI=1S/C13H13ClN2OS/c1-7-3-4-10(15)11(8(7)2)16-13(17)12-9(14)5-6-18-12/h3-6H,15H2,1-2H3,(H,16,17). The average Bonchev–Trinajstić information content (AvgIpc) is 2.76. The predicted molar refractivity (Wildman–Crippen MR) is 77.6 cm³/mol. The number of nitrogens with one attached hydrogen (secondary N) is 1. The van der Waals surface area contributed by atoms with Gasteiger partial charge in [-0.3, -0.25) is 4.79 Å². The zero-order valence-electron chi connectivity index (χ0n) is 10.1. The van der Waals surface area contributed by atoms with Crippen LogP contribution in [0, 0.1) is 13.8 Å². The van der Waals surface area contributed by atoms with Gasteiger partial charge in [-0.05, 0) is 42.5 Å². The van der Waals surface area contributed by atoms with Crippen molar-refractivity contribution in [3.8, 4) is 0 Å². The third-order valence-corrected chi connectivity index (χ3v) is 4.17. The van der Waals surface area contributed by atoms with E-state index in [4.69, 9.17) is 17.3 Å². The Balaban J connectivity index is 2.33. The Morgan fingerprint density at radius 1 is 1.33 bits per heavy atom. The van der Waals surface area contributed by atoms with Gasteiger partial charge in [0.25, 0.3) is 5.91 Å². The van der Waals surface area contributed by atoms with Gasteiger partial charge in [-0.2, -0.15) is 0 Å². The summed E-state index contributed by atoms with van der Waals surface area (Å²) >= 11 is 7.24. The van der Waals surface area contributed by atoms with E-state index in [0.717, 1.165) is 11.1 Å². The van der Waals surface area contributed by atoms with Crippen LogP contribution in [-0.2, 0) is 0 Å². The highest BCUT2D eigenvalue weighted by Gasteiger charge is 2.15. The van der Waals surface area contributed by atoms with Gasteiger partial charge in [-0.15, -0.1) is 11.3 Å². The summed E-state index contributed by atoms with van der Waals surface area (Å²) < 4.78 is 0. The average molecular weight is 281 g/mol. The molecule has 2 rings (SSSR count). The molecule has 0 unspecified atom stereocenters. The second-order valence-electron chi connectivity index (χ2n) is 4.02. The summed E-state index contributed by atoms with van der Waals surface area (Å²) in [5, 5.41) is 5.07. The van der Waals surface area contributed by atoms with Crippen molar-refractivity contribution in [2.45, 2.75) is 13.8 Å². The lowest BCUT2D eigenvalue weighted by atomic mass is 10.1. The summed E-state index contributed by atoms with van der Waals surface area (Å²) in [6.45, 7) is 3.90. The maximum Gasteiger partial charge on any atom is 0.267 e. The lowest BCUT2D eigenvalue weighted by Crippen LogP contribution is -2.13. The minimum absolute atomic E-state index is 0.226. The van der Waals surface area contributed by atoms with E-state index >= 15 is 0 Å². The van der Waals surface area contributed by atoms with E-state index in [-0.39, 0.29) is 5.91 Å². The molecule has 3 N–H and O–H groups in total. The van der Waals surface area contributed by atoms with Gasteiger partial charge < -0.3 is 11.1 Å². The van der Waals surface area contributed by atoms with Crippen molar-refractivity contribution in [2.75, 3.05) is 11.1 Å². The van der Waals surface area contributed by atoms with Crippen molar-refractivity contribution < 1.29 is 4.79 Å². The molecule has 2 aromatic rings. The molecule has 0 bridgehead atoms. The Bertz CT molecular complexity index is 607. The van der Waals surface area contributed by atoms with Crippen LogP contribution in [0.4, 0.5) is 11.4 Å². The third-order valence-electron chi connectivity index (χ3n) is 2.83. The predicted octanol–water partition coefficient (Wildman–Crippen LogP) is 3.85. The fraction of sp³-hybridized carbons (Fsp3) is 0.154. The van der Waals surface area contributed by atoms with Crippen molar-refractivity contribution in [1.29, 1.82) is 0 Å². The molecule has 1 heterocycles. The number of carbonyl (C=O) groups excluding carboxylic acids is 1. The Hall–Kier alpha value is -1.52. The Morgan fingerprint density at radius 2 is 2.06 bits per heavy atom. The van der Waals surface area contributed by atoms with Crippen molar-refractivity contribution in [2.24, 2.45) is 0 Å². The van der Waals surface area contributed by atoms with Crippen molar-refractivity contribution >= 4 is 40.2 Å². The first-order chi connectivity index (χ1) is 8.50. The van der Waals surface area contributed by atoms with E-state index in [9.17, 15) is 4.79 Å². The van der Waals surface area contributed by atoms with Crippen LogP contribution in [0.1, 0.15) is 20.8 Å². The van der Waals surface area contributed by atoms with Crippen molar-refractivity contribution in [3.63, 3.8) is 0 Å². The summed E-state index contributed by atoms with van der Waals surface area (Å²) in [6.07, 6.45) is 0. The van der Waals surface area contributed by atoms with Crippen LogP contribution in [0.15, 0.2) is 23.6 Å². The number of hydrogen-bond acceptors (Lipinski definition) is 3. The fourth-order valence-electron chi connectivity index (χ4n) is 1.63. The number of anilines is 2. The number of aryl methyl sites for hydroxylation is 1. The minimum atomic E-state index is -0.226. The zero-order valence-corrected chi connectivity index (χ0v) is 11.7. The summed E-state index contributed by atoms with van der Waals surface area (Å²) in [4.78, 5) is 12.6. The largest absolute Gasteiger partial charge is 0.397 e. The molecule has 0 aliphatic carbocycles. The molecule has 18 heavy (non-hydrogen) atoms. The van der Waals surface area contributed by atoms with E-state index < -0.39 is 0 Å². The molecule has 0 spiro atoms. The monoisotopic (exact) mass is 280 g/mol. The molecule has 0 saturated carbocycles. The van der Waals surface area contributed by atoms with Crippen LogP contribution in [0.25, 0.3) is 0 Å². The normalized spacial score (nSPS) is 10.4. The smallest absolute Gasteiger partial charge is 0.267 e. The van der Waals surface area contributed by atoms with Gasteiger partial charge in [0.1, 0.15) is 4.88 Å². The molecule has 0 aliphatic heterocycles. The lowest BCUT2D eigenvalue weighted by molar-refractivity contribution is 0.103. The number of carbonyl (C=O) groups is 1. The van der Waals surface area contributed by atoms with E-state index in [1.807, 2.05) is 19.9 Å². The maximum atomic E-state index is 12.1. The molecule has 1 amide bonds. The molecular formula is C13H13ClN2OS. The van der Waals surface area contributed by atoms with E-state index in [1.165, 1.54) is 11.3 Å². The van der Waals surface area contributed by atoms with Gasteiger partial charge in [0.05, 0.1) is 16.4 Å². The molecule has 94 valence electrons. The molecule has 0 fully saturated rings. The topological polar surface area (TPSA) is 55.1 Å². The number of hydrogen-bond donors (Lipinski definition) is 2. The molecule has 0 saturated heterocycles. The van der Waals surface area contributed by atoms with Gasteiger partial charge in [0.2, 0.25) is 0 Å². The van der Waals surface area contributed by atoms with Gasteiger partial charge in [-0.25, -0.2) is 0 Å². The van der Waals surface area contributed by atoms with Crippen LogP contribution in [-0.4, -0.2) is 5.91 Å². The van der Waals surface area contributed by atoms with Crippen LogP contribution in [0.2, 0.25) is 5.02 Å². The lowest BCUT2D eigenvalue weighted by Gasteiger charge is -2.12. The molecule has 0 atom stereocenters. The third kappa shape index (κ3) is 2.35. The SMILES string of the molecule is Cc1ccc(N)c(NC(=O)c2sccc2Cl)c1C. The Morgan fingerprint density at radius 3 is 2.67 bits per heavy atom. The van der Waals surface area contributed by atoms with Crippen LogP contribution < -0.4 is 11.1 Å². The highest BCUT2D eigenvalue weighted by molar-refractivity contribution is 7.12. The number of nitrogen functional groups attached to an aromatic ring is 1. The number of nitrogens with two attached hydrogens (primary N) is 1. The van der Waals surface area contributed by atoms with E-state index in [0.29, 0.717) is 21.3 Å². The molecule has 1 aromatic heterocycles. The first-order valence-electron chi connectivity index (χ1n) is 5.40. The van der Waals surface area contributed by atoms with E-state index in [1.54, 1.807) is 17.5 Å². The first-order valence-corrected chi connectivity index (χ1v) is 6.66. The number of benzene rings is 1. The molecule has 5 heteroatoms. The van der Waals surface area contributed by atoms with Crippen LogP contribution in [0.3, 0.4) is 0 Å². The first kappa shape index (κ1) is 12.9. The summed E-state index contributed by atoms with van der Waals surface area (Å²) in [5.41, 5.74) is 9.15. The molecule has 0 aliphatic rings. The van der Waals surface area contributed by atoms with Gasteiger partial charge >= 0.3 is 0 Å². The van der Waals surface area contributed by atoms with Crippen molar-refractivity contribution in [3.05, 3.63) is 44.6 Å². The summed E-state index contributed by atoms with van der Waals surface area (Å²) in [5.74, 6) is -0.226. The Kier molecular flexibility index (Phi) is 3.59. The van der Waals surface area contributed by atoms with Gasteiger partial charge in [0.15, 0.2) is 0 Å².